The normalized spacial score (nSPS) is 9.83. The molecule has 0 aliphatic heterocycles. The first-order valence-corrected chi connectivity index (χ1v) is 3.49. The number of aryl methyl sites for hydroxylation is 1. The van der Waals surface area contributed by atoms with Gasteiger partial charge in [-0.3, -0.25) is 9.59 Å². The van der Waals surface area contributed by atoms with Crippen LogP contribution in [0.25, 0.3) is 0 Å². The Morgan fingerprint density at radius 1 is 1.67 bits per heavy atom. The molecule has 1 aromatic heterocycles. The van der Waals surface area contributed by atoms with E-state index >= 15 is 0 Å². The molecule has 0 atom stereocenters. The molecule has 1 aromatic rings. The molecule has 0 fully saturated rings. The fraction of sp³-hybridized carbons (Fsp3) is 0.250. The lowest BCUT2D eigenvalue weighted by atomic mass is 10.3. The number of carbonyl (C=O) groups excluding carboxylic acids is 2. The molecule has 0 radical (unpaired) electrons. The van der Waals surface area contributed by atoms with Crippen molar-refractivity contribution >= 4 is 12.2 Å². The lowest BCUT2D eigenvalue weighted by Gasteiger charge is -1.98. The van der Waals surface area contributed by atoms with Crippen LogP contribution in [0.5, 0.6) is 0 Å². The van der Waals surface area contributed by atoms with E-state index in [1.165, 1.54) is 4.57 Å². The van der Waals surface area contributed by atoms with E-state index in [2.05, 4.69) is 0 Å². The zero-order chi connectivity index (χ0) is 9.30. The Labute approximate surface area is 70.0 Å². The van der Waals surface area contributed by atoms with Gasteiger partial charge in [0.05, 0.1) is 5.69 Å². The summed E-state index contributed by atoms with van der Waals surface area (Å²) < 4.78 is 1.49. The Morgan fingerprint density at radius 2 is 2.25 bits per heavy atom. The number of rotatable bonds is 2. The average molecular weight is 166 g/mol. The van der Waals surface area contributed by atoms with Gasteiger partial charge in [0.25, 0.3) is 5.91 Å². The van der Waals surface area contributed by atoms with Crippen molar-refractivity contribution < 1.29 is 9.59 Å². The second-order valence-electron chi connectivity index (χ2n) is 2.64. The molecule has 1 amide bonds. The molecule has 0 saturated carbocycles. The minimum atomic E-state index is -0.520. The highest BCUT2D eigenvalue weighted by atomic mass is 16.1. The number of carbonyl (C=O) groups is 2. The molecule has 0 spiro atoms. The molecular formula is C8H10N2O2. The van der Waals surface area contributed by atoms with Gasteiger partial charge in [-0.15, -0.1) is 0 Å². The molecule has 4 nitrogen and oxygen atoms in total. The molecule has 0 aromatic carbocycles. The fourth-order valence-corrected chi connectivity index (χ4v) is 1.18. The molecule has 4 heteroatoms. The number of primary amides is 1. The first kappa shape index (κ1) is 8.52. The maximum Gasteiger partial charge on any atom is 0.265 e. The first-order chi connectivity index (χ1) is 5.57. The predicted octanol–water partition coefficient (Wildman–Crippen LogP) is 0.245. The van der Waals surface area contributed by atoms with Gasteiger partial charge in [0.1, 0.15) is 5.69 Å². The van der Waals surface area contributed by atoms with Crippen LogP contribution in [-0.2, 0) is 7.05 Å². The molecular weight excluding hydrogens is 156 g/mol. The minimum Gasteiger partial charge on any atom is -0.364 e. The first-order valence-electron chi connectivity index (χ1n) is 3.49. The summed E-state index contributed by atoms with van der Waals surface area (Å²) in [6.07, 6.45) is 0.710. The molecule has 64 valence electrons. The Kier molecular flexibility index (Phi) is 1.99. The van der Waals surface area contributed by atoms with Gasteiger partial charge < -0.3 is 10.3 Å². The van der Waals surface area contributed by atoms with E-state index < -0.39 is 5.91 Å². The molecule has 0 aliphatic carbocycles. The van der Waals surface area contributed by atoms with Crippen molar-refractivity contribution in [1.82, 2.24) is 4.57 Å². The largest absolute Gasteiger partial charge is 0.364 e. The summed E-state index contributed by atoms with van der Waals surface area (Å²) in [6, 6.07) is 1.60. The van der Waals surface area contributed by atoms with Crippen molar-refractivity contribution in [1.29, 1.82) is 0 Å². The van der Waals surface area contributed by atoms with Crippen molar-refractivity contribution in [3.05, 3.63) is 23.0 Å². The summed E-state index contributed by atoms with van der Waals surface area (Å²) in [5, 5.41) is 0. The summed E-state index contributed by atoms with van der Waals surface area (Å²) >= 11 is 0. The third-order valence-electron chi connectivity index (χ3n) is 1.84. The van der Waals surface area contributed by atoms with E-state index in [1.807, 2.05) is 0 Å². The van der Waals surface area contributed by atoms with E-state index in [0.717, 1.165) is 5.56 Å². The summed E-state index contributed by atoms with van der Waals surface area (Å²) in [5.41, 5.74) is 6.69. The molecule has 0 bridgehead atoms. The highest BCUT2D eigenvalue weighted by Gasteiger charge is 2.11. The van der Waals surface area contributed by atoms with Gasteiger partial charge >= 0.3 is 0 Å². The van der Waals surface area contributed by atoms with E-state index in [0.29, 0.717) is 17.7 Å². The number of hydrogen-bond acceptors (Lipinski definition) is 2. The quantitative estimate of drug-likeness (QED) is 0.640. The maximum absolute atomic E-state index is 10.8. The van der Waals surface area contributed by atoms with Crippen LogP contribution in [0, 0.1) is 6.92 Å². The Morgan fingerprint density at radius 3 is 2.50 bits per heavy atom. The smallest absolute Gasteiger partial charge is 0.265 e. The van der Waals surface area contributed by atoms with Crippen LogP contribution in [0.1, 0.15) is 26.5 Å². The molecule has 0 unspecified atom stereocenters. The monoisotopic (exact) mass is 166 g/mol. The Balaban J connectivity index is 3.35. The van der Waals surface area contributed by atoms with E-state index in [1.54, 1.807) is 20.0 Å². The van der Waals surface area contributed by atoms with Crippen LogP contribution in [0.15, 0.2) is 6.07 Å². The minimum absolute atomic E-state index is 0.356. The maximum atomic E-state index is 10.8. The van der Waals surface area contributed by atoms with Crippen molar-refractivity contribution in [2.45, 2.75) is 6.92 Å². The van der Waals surface area contributed by atoms with Gasteiger partial charge in [-0.05, 0) is 18.6 Å². The van der Waals surface area contributed by atoms with Gasteiger partial charge in [0, 0.05) is 7.05 Å². The highest BCUT2D eigenvalue weighted by molar-refractivity contribution is 5.93. The lowest BCUT2D eigenvalue weighted by molar-refractivity contribution is 0.0992. The zero-order valence-corrected chi connectivity index (χ0v) is 7.00. The van der Waals surface area contributed by atoms with Crippen LogP contribution in [0.2, 0.25) is 0 Å². The molecule has 12 heavy (non-hydrogen) atoms. The Bertz CT molecular complexity index is 339. The number of aldehydes is 1. The summed E-state index contributed by atoms with van der Waals surface area (Å²) in [4.78, 5) is 21.3. The van der Waals surface area contributed by atoms with Crippen LogP contribution in [-0.4, -0.2) is 16.8 Å². The van der Waals surface area contributed by atoms with Crippen LogP contribution in [0.4, 0.5) is 0 Å². The van der Waals surface area contributed by atoms with Crippen LogP contribution < -0.4 is 5.73 Å². The summed E-state index contributed by atoms with van der Waals surface area (Å²) in [5.74, 6) is -0.520. The Hall–Kier alpha value is -1.58. The number of nitrogens with zero attached hydrogens (tertiary/aromatic N) is 1. The van der Waals surface area contributed by atoms with Crippen molar-refractivity contribution in [3.63, 3.8) is 0 Å². The third kappa shape index (κ3) is 1.11. The van der Waals surface area contributed by atoms with Gasteiger partial charge in [0.2, 0.25) is 0 Å². The third-order valence-corrected chi connectivity index (χ3v) is 1.84. The number of hydrogen-bond donors (Lipinski definition) is 1. The lowest BCUT2D eigenvalue weighted by Crippen LogP contribution is -2.15. The zero-order valence-electron chi connectivity index (χ0n) is 7.00. The number of amides is 1. The second kappa shape index (κ2) is 2.81. The molecule has 0 saturated heterocycles. The van der Waals surface area contributed by atoms with Gasteiger partial charge in [0.15, 0.2) is 6.29 Å². The van der Waals surface area contributed by atoms with Gasteiger partial charge in [-0.25, -0.2) is 0 Å². The molecule has 1 rings (SSSR count). The van der Waals surface area contributed by atoms with E-state index in [-0.39, 0.29) is 0 Å². The van der Waals surface area contributed by atoms with E-state index in [9.17, 15) is 9.59 Å². The topological polar surface area (TPSA) is 65.1 Å². The predicted molar refractivity (Wildman–Crippen MR) is 44.1 cm³/mol. The standard InChI is InChI=1S/C8H10N2O2/c1-5-3-6(8(9)12)10(2)7(5)4-11/h3-4H,1-2H3,(H2,9,12). The van der Waals surface area contributed by atoms with Crippen molar-refractivity contribution in [2.24, 2.45) is 12.8 Å². The SMILES string of the molecule is Cc1cc(C(N)=O)n(C)c1C=O. The van der Waals surface area contributed by atoms with E-state index in [4.69, 9.17) is 5.73 Å². The fourth-order valence-electron chi connectivity index (χ4n) is 1.18. The van der Waals surface area contributed by atoms with Crippen LogP contribution in [0.3, 0.4) is 0 Å². The molecule has 2 N–H and O–H groups in total. The molecule has 0 aliphatic rings. The second-order valence-corrected chi connectivity index (χ2v) is 2.64. The van der Waals surface area contributed by atoms with Gasteiger partial charge in [-0.2, -0.15) is 0 Å². The highest BCUT2D eigenvalue weighted by Crippen LogP contribution is 2.10. The van der Waals surface area contributed by atoms with Gasteiger partial charge in [-0.1, -0.05) is 0 Å². The van der Waals surface area contributed by atoms with Crippen molar-refractivity contribution in [3.8, 4) is 0 Å². The van der Waals surface area contributed by atoms with Crippen molar-refractivity contribution in [2.75, 3.05) is 0 Å². The summed E-state index contributed by atoms with van der Waals surface area (Å²) in [7, 11) is 1.64. The van der Waals surface area contributed by atoms with Crippen LogP contribution >= 0.6 is 0 Å². The number of nitrogens with two attached hydrogens (primary N) is 1. The average Bonchev–Trinajstić information content (AvgIpc) is 2.27. The summed E-state index contributed by atoms with van der Waals surface area (Å²) in [6.45, 7) is 1.76. The molecule has 1 heterocycles. The number of aromatic nitrogens is 1.